The fourth-order valence-electron chi connectivity index (χ4n) is 0.351. The van der Waals surface area contributed by atoms with Crippen molar-refractivity contribution in [2.45, 2.75) is 27.7 Å². The van der Waals surface area contributed by atoms with E-state index in [1.807, 2.05) is 0 Å². The van der Waals surface area contributed by atoms with Crippen LogP contribution in [-0.2, 0) is 48.9 Å². The molecule has 0 spiro atoms. The van der Waals surface area contributed by atoms with Crippen LogP contribution in [-0.4, -0.2) is 59.5 Å². The summed E-state index contributed by atoms with van der Waals surface area (Å²) in [5, 5.41) is 7.42. The summed E-state index contributed by atoms with van der Waals surface area (Å²) in [5.74, 6) is -3.02. The molecule has 0 saturated heterocycles. The van der Waals surface area contributed by atoms with E-state index in [1.165, 1.54) is 13.8 Å². The number of carbonyl (C=O) groups excluding carboxylic acids is 3. The van der Waals surface area contributed by atoms with E-state index >= 15 is 0 Å². The molecular weight excluding hydrogens is 384 g/mol. The van der Waals surface area contributed by atoms with Crippen LogP contribution in [0.25, 0.3) is 0 Å². The van der Waals surface area contributed by atoms with Crippen molar-refractivity contribution < 1.29 is 63.7 Å². The standard InChI is InChI=1S/C4H6O3.C2H4O5S.C2H4O2.H2O4S/c1-3(5)7-4(2)6;1-2(3)7-8(4,5)6;1-2(3)4;1-5(2,3)4/h1-2H3;1H3,(H,4,5,6);1H3,(H,3,4);(H2,1,2,3,4). The first kappa shape index (κ1) is 29.8. The van der Waals surface area contributed by atoms with Crippen molar-refractivity contribution in [3.8, 4) is 0 Å². The van der Waals surface area contributed by atoms with E-state index in [-0.39, 0.29) is 0 Å². The molecule has 0 amide bonds. The molecule has 0 aliphatic rings. The molecule has 0 bridgehead atoms. The highest BCUT2D eigenvalue weighted by atomic mass is 32.3. The Hall–Kier alpha value is -2.14. The van der Waals surface area contributed by atoms with Crippen LogP contribution < -0.4 is 0 Å². The number of hydrogen-bond donors (Lipinski definition) is 4. The lowest BCUT2D eigenvalue weighted by Gasteiger charge is -1.90. The number of rotatable bonds is 1. The summed E-state index contributed by atoms with van der Waals surface area (Å²) >= 11 is 0. The zero-order valence-electron chi connectivity index (χ0n) is 12.7. The van der Waals surface area contributed by atoms with E-state index in [9.17, 15) is 22.8 Å². The lowest BCUT2D eigenvalue weighted by Crippen LogP contribution is -2.07. The largest absolute Gasteiger partial charge is 0.481 e. The van der Waals surface area contributed by atoms with E-state index < -0.39 is 44.7 Å². The third-order valence-electron chi connectivity index (χ3n) is 0.510. The summed E-state index contributed by atoms with van der Waals surface area (Å²) in [6, 6.07) is 0. The molecule has 0 unspecified atom stereocenters. The van der Waals surface area contributed by atoms with Crippen LogP contribution in [0.3, 0.4) is 0 Å². The quantitative estimate of drug-likeness (QED) is 0.232. The molecule has 0 aromatic heterocycles. The van der Waals surface area contributed by atoms with Gasteiger partial charge in [0.2, 0.25) is 0 Å². The van der Waals surface area contributed by atoms with E-state index in [2.05, 4.69) is 8.92 Å². The molecule has 0 aliphatic carbocycles. The second-order valence-electron chi connectivity index (χ2n) is 3.05. The Kier molecular flexibility index (Phi) is 18.0. The molecule has 0 heterocycles. The SMILES string of the molecule is CC(=O)O.CC(=O)OC(C)=O.CC(=O)OS(=O)(=O)O.O=S(=O)(O)O. The molecule has 24 heavy (non-hydrogen) atoms. The highest BCUT2D eigenvalue weighted by Gasteiger charge is 2.06. The zero-order valence-corrected chi connectivity index (χ0v) is 14.3. The Labute approximate surface area is 136 Å². The van der Waals surface area contributed by atoms with Gasteiger partial charge in [-0.1, -0.05) is 0 Å². The van der Waals surface area contributed by atoms with Crippen LogP contribution in [0.15, 0.2) is 0 Å². The van der Waals surface area contributed by atoms with Gasteiger partial charge in [-0.05, 0) is 0 Å². The van der Waals surface area contributed by atoms with E-state index in [4.69, 9.17) is 32.0 Å². The summed E-state index contributed by atoms with van der Waals surface area (Å²) in [5.41, 5.74) is 0. The minimum Gasteiger partial charge on any atom is -0.481 e. The Morgan fingerprint density at radius 3 is 0.917 bits per heavy atom. The van der Waals surface area contributed by atoms with Crippen molar-refractivity contribution in [2.24, 2.45) is 0 Å². The zero-order chi connectivity index (χ0) is 20.7. The van der Waals surface area contributed by atoms with Gasteiger partial charge in [-0.25, -0.2) is 0 Å². The van der Waals surface area contributed by atoms with Crippen molar-refractivity contribution >= 4 is 44.7 Å². The van der Waals surface area contributed by atoms with Crippen LogP contribution in [0, 0.1) is 0 Å². The van der Waals surface area contributed by atoms with Gasteiger partial charge >= 0.3 is 38.7 Å². The normalized spacial score (nSPS) is 9.29. The van der Waals surface area contributed by atoms with E-state index in [0.29, 0.717) is 0 Å². The predicted octanol–water partition coefficient (Wildman–Crippen LogP) is -1.11. The number of carbonyl (C=O) groups is 4. The van der Waals surface area contributed by atoms with Gasteiger partial charge in [-0.2, -0.15) is 16.8 Å². The Morgan fingerprint density at radius 2 is 0.917 bits per heavy atom. The number of esters is 2. The van der Waals surface area contributed by atoms with Crippen molar-refractivity contribution in [1.82, 2.24) is 0 Å². The second kappa shape index (κ2) is 14.5. The molecular formula is C8H16O14S2. The van der Waals surface area contributed by atoms with Crippen molar-refractivity contribution in [3.63, 3.8) is 0 Å². The summed E-state index contributed by atoms with van der Waals surface area (Å²) in [7, 11) is -9.24. The minimum absolute atomic E-state index is 0.562. The molecule has 0 atom stereocenters. The maximum absolute atomic E-state index is 9.81. The monoisotopic (exact) mass is 400 g/mol. The number of hydrogen-bond acceptors (Lipinski definition) is 10. The number of carboxylic acid groups (broad SMARTS) is 1. The maximum Gasteiger partial charge on any atom is 0.448 e. The average Bonchev–Trinajstić information content (AvgIpc) is 2.05. The van der Waals surface area contributed by atoms with Gasteiger partial charge in [0.1, 0.15) is 0 Å². The third kappa shape index (κ3) is 150. The summed E-state index contributed by atoms with van der Waals surface area (Å²) in [6.07, 6.45) is 0. The molecule has 0 radical (unpaired) electrons. The van der Waals surface area contributed by atoms with Gasteiger partial charge in [-0.3, -0.25) is 32.8 Å². The molecule has 14 nitrogen and oxygen atoms in total. The number of ether oxygens (including phenoxy) is 1. The minimum atomic E-state index is -4.67. The molecule has 0 saturated carbocycles. The summed E-state index contributed by atoms with van der Waals surface area (Å²) in [6.45, 7) is 4.32. The summed E-state index contributed by atoms with van der Waals surface area (Å²) < 4.78 is 65.7. The van der Waals surface area contributed by atoms with Gasteiger partial charge in [0, 0.05) is 27.7 Å². The maximum atomic E-state index is 9.81. The highest BCUT2D eigenvalue weighted by Crippen LogP contribution is 1.84. The lowest BCUT2D eigenvalue weighted by molar-refractivity contribution is -0.156. The molecule has 0 aliphatic heterocycles. The van der Waals surface area contributed by atoms with Crippen molar-refractivity contribution in [3.05, 3.63) is 0 Å². The van der Waals surface area contributed by atoms with E-state index in [1.54, 1.807) is 0 Å². The smallest absolute Gasteiger partial charge is 0.448 e. The fourth-order valence-corrected chi connectivity index (χ4v) is 0.647. The highest BCUT2D eigenvalue weighted by molar-refractivity contribution is 7.81. The van der Waals surface area contributed by atoms with Gasteiger partial charge < -0.3 is 14.0 Å². The molecule has 0 aromatic carbocycles. The molecule has 0 aromatic rings. The van der Waals surface area contributed by atoms with Crippen molar-refractivity contribution in [1.29, 1.82) is 0 Å². The first-order chi connectivity index (χ1) is 10.3. The van der Waals surface area contributed by atoms with Crippen LogP contribution in [0.2, 0.25) is 0 Å². The summed E-state index contributed by atoms with van der Waals surface area (Å²) in [4.78, 5) is 38.3. The Morgan fingerprint density at radius 1 is 0.708 bits per heavy atom. The first-order valence-electron chi connectivity index (χ1n) is 5.03. The van der Waals surface area contributed by atoms with Crippen molar-refractivity contribution in [2.75, 3.05) is 0 Å². The number of carboxylic acids is 1. The van der Waals surface area contributed by atoms with Gasteiger partial charge in [0.25, 0.3) is 5.97 Å². The van der Waals surface area contributed by atoms with Gasteiger partial charge in [0.05, 0.1) is 0 Å². The van der Waals surface area contributed by atoms with Gasteiger partial charge in [-0.15, -0.1) is 0 Å². The first-order valence-corrected chi connectivity index (χ1v) is 7.80. The molecule has 0 rings (SSSR count). The molecule has 0 fully saturated rings. The van der Waals surface area contributed by atoms with Crippen LogP contribution in [0.4, 0.5) is 0 Å². The lowest BCUT2D eigenvalue weighted by atomic mass is 10.7. The second-order valence-corrected chi connectivity index (χ2v) is 4.97. The Bertz CT molecular complexity index is 589. The van der Waals surface area contributed by atoms with Crippen LogP contribution in [0.5, 0.6) is 0 Å². The molecule has 4 N–H and O–H groups in total. The third-order valence-corrected chi connectivity index (χ3v) is 0.955. The van der Waals surface area contributed by atoms with Gasteiger partial charge in [0.15, 0.2) is 0 Å². The molecule has 16 heteroatoms. The Balaban J connectivity index is -0.000000115. The fraction of sp³-hybridized carbons (Fsp3) is 0.500. The predicted molar refractivity (Wildman–Crippen MR) is 73.2 cm³/mol. The topological polar surface area (TPSA) is 236 Å². The number of aliphatic carboxylic acids is 1. The average molecular weight is 400 g/mol. The van der Waals surface area contributed by atoms with Crippen LogP contribution in [0.1, 0.15) is 27.7 Å². The van der Waals surface area contributed by atoms with Crippen LogP contribution >= 0.6 is 0 Å². The van der Waals surface area contributed by atoms with E-state index in [0.717, 1.165) is 13.8 Å². The molecule has 144 valence electrons.